The summed E-state index contributed by atoms with van der Waals surface area (Å²) in [5.74, 6) is 0. The van der Waals surface area contributed by atoms with E-state index in [1.807, 2.05) is 0 Å². The molecule has 0 saturated carbocycles. The van der Waals surface area contributed by atoms with Crippen LogP contribution in [0.2, 0.25) is 0 Å². The normalized spacial score (nSPS) is 3.60. The van der Waals surface area contributed by atoms with Crippen LogP contribution in [0.4, 0.5) is 0 Å². The summed E-state index contributed by atoms with van der Waals surface area (Å²) in [7, 11) is 0. The van der Waals surface area contributed by atoms with Gasteiger partial charge in [-0.25, -0.2) is 0 Å². The maximum absolute atomic E-state index is 8.25. The molecule has 0 aromatic carbocycles. The smallest absolute Gasteiger partial charge is 0.554 e. The number of carbonyl (C=O) groups is 3. The van der Waals surface area contributed by atoms with E-state index in [2.05, 4.69) is 0 Å². The third-order valence-electron chi connectivity index (χ3n) is 0. The Bertz CT molecular complexity index is 49.7. The van der Waals surface area contributed by atoms with Gasteiger partial charge in [0.25, 0.3) is 0 Å². The zero-order chi connectivity index (χ0) is 8.12. The summed E-state index contributed by atoms with van der Waals surface area (Å²) in [6.07, 6.45) is 0. The Morgan fingerprint density at radius 3 is 0.700 bits per heavy atom. The predicted octanol–water partition coefficient (Wildman–Crippen LogP) is -4.90. The van der Waals surface area contributed by atoms with Gasteiger partial charge in [0.1, 0.15) is 0 Å². The quantitative estimate of drug-likeness (QED) is 0.279. The summed E-state index contributed by atoms with van der Waals surface area (Å²) >= 11 is 0. The van der Waals surface area contributed by atoms with Crippen LogP contribution in [0.25, 0.3) is 0 Å². The molecule has 0 spiro atoms. The van der Waals surface area contributed by atoms with Gasteiger partial charge in [0, 0.05) is 19.4 Å². The van der Waals surface area contributed by atoms with Crippen molar-refractivity contribution in [2.75, 3.05) is 0 Å². The van der Waals surface area contributed by atoms with E-state index >= 15 is 0 Å². The Kier molecular flexibility index (Phi) is 236. The molecule has 0 fully saturated rings. The van der Waals surface area contributed by atoms with E-state index in [1.54, 1.807) is 0 Å². The molecule has 0 heterocycles. The molecule has 0 aliphatic carbocycles. The Hall–Kier alpha value is -1.07. The number of hydrogen-bond acceptors (Lipinski definition) is 6. The van der Waals surface area contributed by atoms with Crippen LogP contribution in [-0.2, 0) is 31.5 Å². The fourth-order valence-electron chi connectivity index (χ4n) is 0. The Morgan fingerprint density at radius 1 is 0.700 bits per heavy atom. The molecule has 0 rings (SSSR count). The van der Waals surface area contributed by atoms with Gasteiger partial charge in [0.05, 0.1) is 0 Å². The van der Waals surface area contributed by atoms with Gasteiger partial charge < -0.3 is 29.7 Å². The first-order chi connectivity index (χ1) is 4.24. The zero-order valence-corrected chi connectivity index (χ0v) is 5.64. The second-order valence-corrected chi connectivity index (χ2v) is 0.289. The van der Waals surface area contributed by atoms with Crippen molar-refractivity contribution in [2.24, 2.45) is 0 Å². The SMILES string of the molecule is O=C[O-].O=C[O-].O=C[O-].[Fe+3]. The van der Waals surface area contributed by atoms with Crippen LogP contribution in [-0.4, -0.2) is 19.4 Å². The number of rotatable bonds is 0. The summed E-state index contributed by atoms with van der Waals surface area (Å²) < 4.78 is 0. The molecule has 0 aromatic heterocycles. The molecule has 1 radical (unpaired) electrons. The van der Waals surface area contributed by atoms with Crippen molar-refractivity contribution < 1.29 is 46.8 Å². The van der Waals surface area contributed by atoms with Crippen molar-refractivity contribution in [3.05, 3.63) is 0 Å². The van der Waals surface area contributed by atoms with E-state index < -0.39 is 19.4 Å². The number of carbonyl (C=O) groups excluding carboxylic acids is 3. The molecular formula is C3H3FeO6. The summed E-state index contributed by atoms with van der Waals surface area (Å²) in [4.78, 5) is 24.8. The molecule has 0 amide bonds. The summed E-state index contributed by atoms with van der Waals surface area (Å²) in [6.45, 7) is -1.50. The molecule has 0 N–H and O–H groups in total. The van der Waals surface area contributed by atoms with Gasteiger partial charge in [-0.15, -0.1) is 0 Å². The first kappa shape index (κ1) is 23.1. The third kappa shape index (κ3) is 213. The molecule has 0 aliphatic heterocycles. The summed E-state index contributed by atoms with van der Waals surface area (Å²) in [5, 5.41) is 24.8. The van der Waals surface area contributed by atoms with Crippen molar-refractivity contribution in [1.82, 2.24) is 0 Å². The van der Waals surface area contributed by atoms with Gasteiger partial charge in [-0.2, -0.15) is 0 Å². The Balaban J connectivity index is -0.0000000257. The maximum Gasteiger partial charge on any atom is 3.00 e. The van der Waals surface area contributed by atoms with E-state index in [1.165, 1.54) is 0 Å². The van der Waals surface area contributed by atoms with Crippen LogP contribution < -0.4 is 15.3 Å². The first-order valence-corrected chi connectivity index (χ1v) is 1.41. The van der Waals surface area contributed by atoms with Gasteiger partial charge in [-0.1, -0.05) is 0 Å². The van der Waals surface area contributed by atoms with Crippen molar-refractivity contribution in [1.29, 1.82) is 0 Å². The minimum absolute atomic E-state index is 0. The Labute approximate surface area is 66.9 Å². The minimum Gasteiger partial charge on any atom is -0.554 e. The van der Waals surface area contributed by atoms with E-state index in [0.717, 1.165) is 0 Å². The second kappa shape index (κ2) is 102. The average Bonchev–Trinajstić information content (AvgIpc) is 1.70. The fourth-order valence-corrected chi connectivity index (χ4v) is 0. The first-order valence-electron chi connectivity index (χ1n) is 1.41. The monoisotopic (exact) mass is 191 g/mol. The maximum atomic E-state index is 8.25. The minimum atomic E-state index is -0.500. The fraction of sp³-hybridized carbons (Fsp3) is 0. The van der Waals surface area contributed by atoms with Crippen LogP contribution in [0.1, 0.15) is 0 Å². The van der Waals surface area contributed by atoms with Crippen molar-refractivity contribution in [3.63, 3.8) is 0 Å². The van der Waals surface area contributed by atoms with Crippen LogP contribution in [0, 0.1) is 0 Å². The standard InChI is InChI=1S/3CH2O2.Fe/c3*2-1-3;/h3*1H,(H,2,3);/q;;;+3/p-3. The molecule has 7 heteroatoms. The van der Waals surface area contributed by atoms with E-state index in [-0.39, 0.29) is 17.1 Å². The molecular weight excluding hydrogens is 188 g/mol. The van der Waals surface area contributed by atoms with Gasteiger partial charge in [0.2, 0.25) is 0 Å². The molecule has 0 unspecified atom stereocenters. The largest absolute Gasteiger partial charge is 3.00 e. The molecule has 0 bridgehead atoms. The van der Waals surface area contributed by atoms with E-state index in [0.29, 0.717) is 0 Å². The van der Waals surface area contributed by atoms with Gasteiger partial charge >= 0.3 is 17.1 Å². The van der Waals surface area contributed by atoms with Crippen LogP contribution >= 0.6 is 0 Å². The number of hydrogen-bond donors (Lipinski definition) is 0. The molecule has 0 atom stereocenters. The van der Waals surface area contributed by atoms with Gasteiger partial charge in [-0.3, -0.25) is 0 Å². The van der Waals surface area contributed by atoms with Crippen molar-refractivity contribution in [2.45, 2.75) is 0 Å². The Morgan fingerprint density at radius 2 is 0.700 bits per heavy atom. The van der Waals surface area contributed by atoms with Crippen LogP contribution in [0.15, 0.2) is 0 Å². The summed E-state index contributed by atoms with van der Waals surface area (Å²) in [6, 6.07) is 0. The van der Waals surface area contributed by atoms with Crippen LogP contribution in [0.5, 0.6) is 0 Å². The zero-order valence-electron chi connectivity index (χ0n) is 4.54. The predicted molar refractivity (Wildman–Crippen MR) is 18.2 cm³/mol. The van der Waals surface area contributed by atoms with Gasteiger partial charge in [-0.05, 0) is 0 Å². The van der Waals surface area contributed by atoms with Crippen LogP contribution in [0.3, 0.4) is 0 Å². The molecule has 59 valence electrons. The van der Waals surface area contributed by atoms with E-state index in [4.69, 9.17) is 29.7 Å². The third-order valence-corrected chi connectivity index (χ3v) is 0. The average molecular weight is 191 g/mol. The molecule has 0 saturated heterocycles. The topological polar surface area (TPSA) is 120 Å². The van der Waals surface area contributed by atoms with Crippen molar-refractivity contribution >= 4 is 19.4 Å². The number of carboxylic acid groups (broad SMARTS) is 3. The molecule has 0 aliphatic rings. The summed E-state index contributed by atoms with van der Waals surface area (Å²) in [5.41, 5.74) is 0. The second-order valence-electron chi connectivity index (χ2n) is 0.289. The van der Waals surface area contributed by atoms with E-state index in [9.17, 15) is 0 Å². The van der Waals surface area contributed by atoms with Crippen molar-refractivity contribution in [3.8, 4) is 0 Å². The molecule has 0 aromatic rings. The van der Waals surface area contributed by atoms with Gasteiger partial charge in [0.15, 0.2) is 0 Å². The molecule has 6 nitrogen and oxygen atoms in total. The molecule has 10 heavy (non-hydrogen) atoms.